The van der Waals surface area contributed by atoms with Crippen molar-refractivity contribution < 1.29 is 14.3 Å². The van der Waals surface area contributed by atoms with Crippen LogP contribution in [0, 0.1) is 0 Å². The van der Waals surface area contributed by atoms with E-state index < -0.39 is 0 Å². The average Bonchev–Trinajstić information content (AvgIpc) is 2.33. The molecular formula is C13H15NO3. The first kappa shape index (κ1) is 11.8. The van der Waals surface area contributed by atoms with Gasteiger partial charge in [-0.15, -0.1) is 0 Å². The molecule has 1 amide bonds. The zero-order chi connectivity index (χ0) is 12.3. The number of carbonyl (C=O) groups excluding carboxylic acids is 2. The molecule has 0 aromatic heterocycles. The van der Waals surface area contributed by atoms with Gasteiger partial charge in [0.15, 0.2) is 5.78 Å². The fourth-order valence-electron chi connectivity index (χ4n) is 1.80. The van der Waals surface area contributed by atoms with E-state index in [0.717, 1.165) is 12.0 Å². The first-order valence-electron chi connectivity index (χ1n) is 5.63. The van der Waals surface area contributed by atoms with Gasteiger partial charge in [-0.2, -0.15) is 0 Å². The fourth-order valence-corrected chi connectivity index (χ4v) is 1.80. The minimum absolute atomic E-state index is 0.0240. The van der Waals surface area contributed by atoms with Gasteiger partial charge >= 0.3 is 0 Å². The summed E-state index contributed by atoms with van der Waals surface area (Å²) in [6, 6.07) is 7.49. The smallest absolute Gasteiger partial charge is 0.246 e. The maximum atomic E-state index is 11.1. The lowest BCUT2D eigenvalue weighted by Gasteiger charge is -2.23. The van der Waals surface area contributed by atoms with Gasteiger partial charge in [-0.25, -0.2) is 0 Å². The summed E-state index contributed by atoms with van der Waals surface area (Å²) in [4.78, 5) is 22.0. The van der Waals surface area contributed by atoms with Crippen LogP contribution in [0.25, 0.3) is 0 Å². The van der Waals surface area contributed by atoms with Gasteiger partial charge in [0.1, 0.15) is 6.61 Å². The highest BCUT2D eigenvalue weighted by molar-refractivity contribution is 5.94. The number of ketones is 1. The third-order valence-corrected chi connectivity index (χ3v) is 2.80. The molecule has 90 valence electrons. The molecule has 0 radical (unpaired) electrons. The molecule has 1 aromatic carbocycles. The topological polar surface area (TPSA) is 55.4 Å². The Morgan fingerprint density at radius 2 is 2.12 bits per heavy atom. The van der Waals surface area contributed by atoms with E-state index in [0.29, 0.717) is 12.1 Å². The van der Waals surface area contributed by atoms with Gasteiger partial charge in [-0.3, -0.25) is 9.59 Å². The van der Waals surface area contributed by atoms with Crippen molar-refractivity contribution >= 4 is 11.7 Å². The molecule has 2 rings (SSSR count). The second-order valence-electron chi connectivity index (χ2n) is 4.19. The quantitative estimate of drug-likeness (QED) is 0.791. The molecule has 0 aliphatic carbocycles. The Morgan fingerprint density at radius 3 is 2.65 bits per heavy atom. The molecule has 4 nitrogen and oxygen atoms in total. The van der Waals surface area contributed by atoms with Crippen LogP contribution in [0.3, 0.4) is 0 Å². The largest absolute Gasteiger partial charge is 0.366 e. The Morgan fingerprint density at radius 1 is 1.41 bits per heavy atom. The van der Waals surface area contributed by atoms with Crippen LogP contribution in [0.5, 0.6) is 0 Å². The molecule has 4 heteroatoms. The number of rotatable bonds is 3. The molecule has 1 fully saturated rings. The summed E-state index contributed by atoms with van der Waals surface area (Å²) in [6.45, 7) is 2.23. The van der Waals surface area contributed by atoms with E-state index in [4.69, 9.17) is 4.74 Å². The predicted octanol–water partition coefficient (Wildman–Crippen LogP) is 0.947. The summed E-state index contributed by atoms with van der Waals surface area (Å²) in [7, 11) is 0. The van der Waals surface area contributed by atoms with Crippen LogP contribution in [0.2, 0.25) is 0 Å². The Labute approximate surface area is 100.0 Å². The number of amides is 1. The normalized spacial score (nSPS) is 19.8. The summed E-state index contributed by atoms with van der Waals surface area (Å²) in [5, 5.41) is 2.76. The number of morpholine rings is 1. The molecule has 0 bridgehead atoms. The first-order chi connectivity index (χ1) is 8.15. The van der Waals surface area contributed by atoms with Crippen molar-refractivity contribution in [3.63, 3.8) is 0 Å². The van der Waals surface area contributed by atoms with Crippen LogP contribution in [0.15, 0.2) is 24.3 Å². The standard InChI is InChI=1S/C13H15NO3/c1-9(15)11-4-2-10(3-5-11)6-12-7-14-13(16)8-17-12/h2-5,12H,6-8H2,1H3,(H,14,16). The highest BCUT2D eigenvalue weighted by Crippen LogP contribution is 2.10. The number of benzene rings is 1. The lowest BCUT2D eigenvalue weighted by molar-refractivity contribution is -0.133. The van der Waals surface area contributed by atoms with Crippen LogP contribution in [0.4, 0.5) is 0 Å². The summed E-state index contributed by atoms with van der Waals surface area (Å²) in [5.74, 6) is 0.00547. The second kappa shape index (κ2) is 5.10. The van der Waals surface area contributed by atoms with Gasteiger partial charge in [0.2, 0.25) is 5.91 Å². The lowest BCUT2D eigenvalue weighted by atomic mass is 10.0. The van der Waals surface area contributed by atoms with Crippen molar-refractivity contribution in [3.8, 4) is 0 Å². The van der Waals surface area contributed by atoms with E-state index in [-0.39, 0.29) is 24.4 Å². The van der Waals surface area contributed by atoms with E-state index in [9.17, 15) is 9.59 Å². The van der Waals surface area contributed by atoms with Gasteiger partial charge < -0.3 is 10.1 Å². The molecule has 1 atom stereocenters. The Bertz CT molecular complexity index is 415. The number of carbonyl (C=O) groups is 2. The molecule has 1 saturated heterocycles. The summed E-state index contributed by atoms with van der Waals surface area (Å²) in [5.41, 5.74) is 1.82. The van der Waals surface area contributed by atoms with Gasteiger partial charge in [0.05, 0.1) is 6.10 Å². The Hall–Kier alpha value is -1.68. The molecule has 1 unspecified atom stereocenters. The Balaban J connectivity index is 1.95. The Kier molecular flexibility index (Phi) is 3.54. The van der Waals surface area contributed by atoms with E-state index in [1.165, 1.54) is 0 Å². The van der Waals surface area contributed by atoms with Crippen LogP contribution in [0.1, 0.15) is 22.8 Å². The average molecular weight is 233 g/mol. The van der Waals surface area contributed by atoms with Crippen LogP contribution in [-0.4, -0.2) is 30.9 Å². The number of hydrogen-bond acceptors (Lipinski definition) is 3. The number of hydrogen-bond donors (Lipinski definition) is 1. The SMILES string of the molecule is CC(=O)c1ccc(CC2CNC(=O)CO2)cc1. The highest BCUT2D eigenvalue weighted by atomic mass is 16.5. The zero-order valence-corrected chi connectivity index (χ0v) is 9.73. The van der Waals surface area contributed by atoms with Gasteiger partial charge in [-0.05, 0) is 12.5 Å². The van der Waals surface area contributed by atoms with Gasteiger partial charge in [-0.1, -0.05) is 24.3 Å². The molecular weight excluding hydrogens is 218 g/mol. The predicted molar refractivity (Wildman–Crippen MR) is 62.9 cm³/mol. The summed E-state index contributed by atoms with van der Waals surface area (Å²) < 4.78 is 5.39. The van der Waals surface area contributed by atoms with Crippen molar-refractivity contribution in [1.29, 1.82) is 0 Å². The zero-order valence-electron chi connectivity index (χ0n) is 9.73. The minimum Gasteiger partial charge on any atom is -0.366 e. The van der Waals surface area contributed by atoms with Crippen molar-refractivity contribution in [3.05, 3.63) is 35.4 Å². The maximum Gasteiger partial charge on any atom is 0.246 e. The number of ether oxygens (including phenoxy) is 1. The van der Waals surface area contributed by atoms with Gasteiger partial charge in [0.25, 0.3) is 0 Å². The van der Waals surface area contributed by atoms with Crippen molar-refractivity contribution in [2.75, 3.05) is 13.2 Å². The summed E-state index contributed by atoms with van der Waals surface area (Å²) in [6.07, 6.45) is 0.772. The van der Waals surface area contributed by atoms with Crippen molar-refractivity contribution in [2.45, 2.75) is 19.4 Å². The maximum absolute atomic E-state index is 11.1. The first-order valence-corrected chi connectivity index (χ1v) is 5.63. The van der Waals surface area contributed by atoms with Crippen LogP contribution in [-0.2, 0) is 16.0 Å². The van der Waals surface area contributed by atoms with Crippen molar-refractivity contribution in [2.24, 2.45) is 0 Å². The number of Topliss-reactive ketones (excluding diaryl/α,β-unsaturated/α-hetero) is 1. The molecule has 1 N–H and O–H groups in total. The van der Waals surface area contributed by atoms with E-state index in [1.54, 1.807) is 6.92 Å². The summed E-state index contributed by atoms with van der Waals surface area (Å²) >= 11 is 0. The molecule has 1 aromatic rings. The third kappa shape index (κ3) is 3.14. The molecule has 0 spiro atoms. The minimum atomic E-state index is -0.0619. The lowest BCUT2D eigenvalue weighted by Crippen LogP contribution is -2.43. The van der Waals surface area contributed by atoms with E-state index in [2.05, 4.69) is 5.32 Å². The molecule has 1 aliphatic rings. The molecule has 1 heterocycles. The number of nitrogens with one attached hydrogen (secondary N) is 1. The molecule has 1 aliphatic heterocycles. The fraction of sp³-hybridized carbons (Fsp3) is 0.385. The van der Waals surface area contributed by atoms with Crippen LogP contribution < -0.4 is 5.32 Å². The van der Waals surface area contributed by atoms with Crippen LogP contribution >= 0.6 is 0 Å². The molecule has 17 heavy (non-hydrogen) atoms. The van der Waals surface area contributed by atoms with E-state index >= 15 is 0 Å². The molecule has 0 saturated carbocycles. The van der Waals surface area contributed by atoms with Gasteiger partial charge in [0, 0.05) is 18.5 Å². The van der Waals surface area contributed by atoms with Crippen molar-refractivity contribution in [1.82, 2.24) is 5.32 Å². The second-order valence-corrected chi connectivity index (χ2v) is 4.19. The highest BCUT2D eigenvalue weighted by Gasteiger charge is 2.18. The third-order valence-electron chi connectivity index (χ3n) is 2.80. The van der Waals surface area contributed by atoms with E-state index in [1.807, 2.05) is 24.3 Å². The monoisotopic (exact) mass is 233 g/mol.